The second-order valence-corrected chi connectivity index (χ2v) is 7.11. The van der Waals surface area contributed by atoms with Crippen molar-refractivity contribution in [1.29, 1.82) is 0 Å². The van der Waals surface area contributed by atoms with Crippen molar-refractivity contribution in [3.05, 3.63) is 45.2 Å². The van der Waals surface area contributed by atoms with Crippen molar-refractivity contribution >= 4 is 47.7 Å². The zero-order valence-corrected chi connectivity index (χ0v) is 18.0. The van der Waals surface area contributed by atoms with Crippen molar-refractivity contribution in [1.82, 2.24) is 16.0 Å². The molecule has 0 aliphatic carbocycles. The molecule has 1 aliphatic rings. The fraction of sp³-hybridized carbons (Fsp3) is 0.368. The van der Waals surface area contributed by atoms with E-state index in [0.717, 1.165) is 47.8 Å². The van der Waals surface area contributed by atoms with Gasteiger partial charge >= 0.3 is 5.97 Å². The summed E-state index contributed by atoms with van der Waals surface area (Å²) < 4.78 is 0. The number of carbonyl (C=O) groups is 3. The number of aliphatic imine (C=N–C) groups is 1. The van der Waals surface area contributed by atoms with E-state index >= 15 is 0 Å². The molecule has 1 saturated heterocycles. The summed E-state index contributed by atoms with van der Waals surface area (Å²) in [6.45, 7) is 3.04. The first-order chi connectivity index (χ1) is 14.3. The number of rotatable bonds is 7. The van der Waals surface area contributed by atoms with Gasteiger partial charge in [-0.3, -0.25) is 19.4 Å². The van der Waals surface area contributed by atoms with Crippen molar-refractivity contribution < 1.29 is 19.5 Å². The molecule has 11 heteroatoms. The fourth-order valence-electron chi connectivity index (χ4n) is 2.40. The van der Waals surface area contributed by atoms with Gasteiger partial charge in [0.1, 0.15) is 12.2 Å². The van der Waals surface area contributed by atoms with Crippen LogP contribution in [0.3, 0.4) is 0 Å². The number of aliphatic carboxylic acids is 1. The third-order valence-electron chi connectivity index (χ3n) is 4.07. The van der Waals surface area contributed by atoms with Gasteiger partial charge in [0, 0.05) is 22.3 Å². The van der Waals surface area contributed by atoms with Gasteiger partial charge in [-0.1, -0.05) is 29.3 Å². The molecule has 0 radical (unpaired) electrons. The van der Waals surface area contributed by atoms with E-state index in [-0.39, 0.29) is 17.4 Å². The minimum Gasteiger partial charge on any atom is -0.480 e. The molecule has 0 spiro atoms. The highest BCUT2D eigenvalue weighted by molar-refractivity contribution is 6.35. The molecule has 1 heterocycles. The van der Waals surface area contributed by atoms with Crippen molar-refractivity contribution in [2.24, 2.45) is 10.7 Å². The Morgan fingerprint density at radius 2 is 1.90 bits per heavy atom. The average Bonchev–Trinajstić information content (AvgIpc) is 2.72. The molecule has 2 rings (SSSR count). The van der Waals surface area contributed by atoms with E-state index in [1.807, 2.05) is 25.1 Å². The van der Waals surface area contributed by atoms with Gasteiger partial charge in [0.05, 0.1) is 5.70 Å². The lowest BCUT2D eigenvalue weighted by Gasteiger charge is -2.23. The first-order valence-electron chi connectivity index (χ1n) is 9.10. The number of nitrogens with two attached hydrogens (primary N) is 1. The van der Waals surface area contributed by atoms with Crippen LogP contribution in [0.5, 0.6) is 0 Å². The average molecular weight is 458 g/mol. The van der Waals surface area contributed by atoms with E-state index < -0.39 is 18.4 Å². The molecule has 1 aliphatic heterocycles. The molecular weight excluding hydrogens is 433 g/mol. The van der Waals surface area contributed by atoms with E-state index in [9.17, 15) is 14.4 Å². The molecule has 30 heavy (non-hydrogen) atoms. The topological polar surface area (TPSA) is 146 Å². The summed E-state index contributed by atoms with van der Waals surface area (Å²) in [6.07, 6.45) is 2.98. The van der Waals surface area contributed by atoms with Crippen molar-refractivity contribution in [2.75, 3.05) is 19.6 Å². The molecule has 2 amide bonds. The van der Waals surface area contributed by atoms with Gasteiger partial charge in [-0.2, -0.15) is 0 Å². The number of nitrogens with one attached hydrogen (secondary N) is 3. The van der Waals surface area contributed by atoms with Crippen LogP contribution in [0, 0.1) is 6.92 Å². The van der Waals surface area contributed by atoms with Crippen LogP contribution in [0.1, 0.15) is 18.4 Å². The van der Waals surface area contributed by atoms with Gasteiger partial charge in [0.2, 0.25) is 6.41 Å². The molecule has 0 unspecified atom stereocenters. The van der Waals surface area contributed by atoms with Crippen LogP contribution >= 0.6 is 23.2 Å². The molecule has 0 bridgehead atoms. The summed E-state index contributed by atoms with van der Waals surface area (Å²) in [7, 11) is 0. The standard InChI is InChI=1S/C12H19N5O4.C7H6Cl2/c13-11(9(16-7-18)5-15-6-10(19)20)12(21)17-8-1-3-14-4-2-8;1-5-6(8)3-2-4-7(5)9/h5,7-8,14H,1-4,6,13H2,(H,16,18)(H,17,21)(H,19,20);2-4H,1H3/b11-9+,15-5?;. The lowest BCUT2D eigenvalue weighted by atomic mass is 10.1. The Morgan fingerprint density at radius 3 is 2.40 bits per heavy atom. The number of amides is 2. The highest BCUT2D eigenvalue weighted by Gasteiger charge is 2.18. The quantitative estimate of drug-likeness (QED) is 0.236. The van der Waals surface area contributed by atoms with Gasteiger partial charge in [-0.15, -0.1) is 0 Å². The van der Waals surface area contributed by atoms with Crippen molar-refractivity contribution in [3.8, 4) is 0 Å². The maximum Gasteiger partial charge on any atom is 0.325 e. The number of nitrogens with zero attached hydrogens (tertiary/aromatic N) is 1. The Labute approximate surface area is 184 Å². The van der Waals surface area contributed by atoms with Crippen LogP contribution < -0.4 is 21.7 Å². The number of allylic oxidation sites excluding steroid dienone is 1. The van der Waals surface area contributed by atoms with Gasteiger partial charge in [0.15, 0.2) is 0 Å². The number of halogens is 2. The molecule has 0 atom stereocenters. The maximum atomic E-state index is 12.0. The Kier molecular flexibility index (Phi) is 11.5. The number of piperidine rings is 1. The van der Waals surface area contributed by atoms with Crippen LogP contribution in [-0.2, 0) is 14.4 Å². The minimum absolute atomic E-state index is 0.0192. The summed E-state index contributed by atoms with van der Waals surface area (Å²) in [6, 6.07) is 5.49. The van der Waals surface area contributed by atoms with E-state index in [4.69, 9.17) is 34.0 Å². The largest absolute Gasteiger partial charge is 0.480 e. The summed E-state index contributed by atoms with van der Waals surface area (Å²) in [5.74, 6) is -1.65. The van der Waals surface area contributed by atoms with E-state index in [1.165, 1.54) is 0 Å². The second kappa shape index (κ2) is 13.6. The highest BCUT2D eigenvalue weighted by atomic mass is 35.5. The van der Waals surface area contributed by atoms with Crippen LogP contribution in [-0.4, -0.2) is 55.3 Å². The predicted octanol–water partition coefficient (Wildman–Crippen LogP) is 1.23. The van der Waals surface area contributed by atoms with Crippen molar-refractivity contribution in [2.45, 2.75) is 25.8 Å². The maximum absolute atomic E-state index is 12.0. The van der Waals surface area contributed by atoms with Gasteiger partial charge in [0.25, 0.3) is 5.91 Å². The molecule has 0 aromatic heterocycles. The third kappa shape index (κ3) is 9.25. The number of carbonyl (C=O) groups excluding carboxylic acids is 2. The van der Waals surface area contributed by atoms with Gasteiger partial charge < -0.3 is 26.8 Å². The zero-order chi connectivity index (χ0) is 22.5. The minimum atomic E-state index is -1.13. The first kappa shape index (κ1) is 25.4. The second-order valence-electron chi connectivity index (χ2n) is 6.30. The van der Waals surface area contributed by atoms with Gasteiger partial charge in [-0.05, 0) is 50.6 Å². The Balaban J connectivity index is 0.000000414. The molecule has 1 aromatic carbocycles. The Morgan fingerprint density at radius 1 is 1.30 bits per heavy atom. The summed E-state index contributed by atoms with van der Waals surface area (Å²) in [5.41, 5.74) is 6.38. The number of benzene rings is 1. The lowest BCUT2D eigenvalue weighted by Crippen LogP contribution is -2.44. The zero-order valence-electron chi connectivity index (χ0n) is 16.5. The monoisotopic (exact) mass is 457 g/mol. The van der Waals surface area contributed by atoms with Crippen LogP contribution in [0.4, 0.5) is 0 Å². The van der Waals surface area contributed by atoms with Crippen LogP contribution in [0.2, 0.25) is 10.0 Å². The molecule has 164 valence electrons. The SMILES string of the molecule is Cc1c(Cl)cccc1Cl.N/C(C(=O)NC1CCNCC1)=C(\C=NCC(=O)O)NC=O. The highest BCUT2D eigenvalue weighted by Crippen LogP contribution is 2.22. The van der Waals surface area contributed by atoms with E-state index in [0.29, 0.717) is 6.41 Å². The molecule has 6 N–H and O–H groups in total. The third-order valence-corrected chi connectivity index (χ3v) is 4.89. The summed E-state index contributed by atoms with van der Waals surface area (Å²) in [4.78, 5) is 36.4. The molecule has 0 saturated carbocycles. The van der Waals surface area contributed by atoms with E-state index in [1.54, 1.807) is 0 Å². The summed E-state index contributed by atoms with van der Waals surface area (Å²) >= 11 is 11.5. The number of carboxylic acids is 1. The normalized spacial score (nSPS) is 14.9. The molecule has 9 nitrogen and oxygen atoms in total. The molecular formula is C19H25Cl2N5O4. The lowest BCUT2D eigenvalue weighted by molar-refractivity contribution is -0.135. The van der Waals surface area contributed by atoms with Gasteiger partial charge in [-0.25, -0.2) is 0 Å². The van der Waals surface area contributed by atoms with Crippen molar-refractivity contribution in [3.63, 3.8) is 0 Å². The van der Waals surface area contributed by atoms with Crippen LogP contribution in [0.15, 0.2) is 34.6 Å². The number of carboxylic acid groups (broad SMARTS) is 1. The molecule has 1 aromatic rings. The Hall–Kier alpha value is -2.62. The summed E-state index contributed by atoms with van der Waals surface area (Å²) in [5, 5.41) is 18.1. The number of hydrogen-bond acceptors (Lipinski definition) is 6. The first-order valence-corrected chi connectivity index (χ1v) is 9.85. The molecule has 1 fully saturated rings. The number of hydrogen-bond donors (Lipinski definition) is 5. The Bertz CT molecular complexity index is 788. The fourth-order valence-corrected chi connectivity index (χ4v) is 2.79. The van der Waals surface area contributed by atoms with Crippen LogP contribution in [0.25, 0.3) is 0 Å². The predicted molar refractivity (Wildman–Crippen MR) is 117 cm³/mol. The smallest absolute Gasteiger partial charge is 0.325 e. The van der Waals surface area contributed by atoms with E-state index in [2.05, 4.69) is 20.9 Å².